The summed E-state index contributed by atoms with van der Waals surface area (Å²) in [6.07, 6.45) is 0. The summed E-state index contributed by atoms with van der Waals surface area (Å²) in [7, 11) is -2.73. The summed E-state index contributed by atoms with van der Waals surface area (Å²) in [5, 5.41) is 16.6. The number of halogens is 1. The molecule has 0 spiro atoms. The van der Waals surface area contributed by atoms with Crippen LogP contribution in [0.25, 0.3) is 0 Å². The molecule has 38 heavy (non-hydrogen) atoms. The number of aromatic carboxylic acids is 1. The molecule has 0 aliphatic carbocycles. The third-order valence-corrected chi connectivity index (χ3v) is 7.13. The SMILES string of the molecule is COCCNS(=O)(=O)c1cc(NC(=O)c2ccccc2Cl)ccc1Oc1c(C)c(C(=O)O)nn1C(C)(C)C. The summed E-state index contributed by atoms with van der Waals surface area (Å²) in [6.45, 7) is 7.03. The van der Waals surface area contributed by atoms with E-state index in [2.05, 4.69) is 15.1 Å². The van der Waals surface area contributed by atoms with Crippen LogP contribution in [0.4, 0.5) is 5.69 Å². The van der Waals surface area contributed by atoms with Crippen LogP contribution in [0.3, 0.4) is 0 Å². The molecule has 204 valence electrons. The molecule has 0 fully saturated rings. The molecule has 0 aliphatic rings. The number of methoxy groups -OCH3 is 1. The Kier molecular flexibility index (Phi) is 8.82. The molecule has 1 amide bonds. The maximum atomic E-state index is 13.3. The van der Waals surface area contributed by atoms with Crippen molar-refractivity contribution >= 4 is 39.2 Å². The highest BCUT2D eigenvalue weighted by atomic mass is 35.5. The molecular weight excluding hydrogens is 536 g/mol. The number of amides is 1. The summed E-state index contributed by atoms with van der Waals surface area (Å²) < 4.78 is 41.3. The van der Waals surface area contributed by atoms with Crippen LogP contribution in [0.15, 0.2) is 47.4 Å². The first-order valence-electron chi connectivity index (χ1n) is 11.5. The van der Waals surface area contributed by atoms with Gasteiger partial charge in [-0.25, -0.2) is 22.6 Å². The van der Waals surface area contributed by atoms with Crippen molar-refractivity contribution in [2.45, 2.75) is 38.1 Å². The smallest absolute Gasteiger partial charge is 0.356 e. The van der Waals surface area contributed by atoms with Crippen molar-refractivity contribution in [1.82, 2.24) is 14.5 Å². The molecule has 3 aromatic rings. The van der Waals surface area contributed by atoms with Gasteiger partial charge in [-0.3, -0.25) is 4.79 Å². The zero-order chi connectivity index (χ0) is 28.3. The van der Waals surface area contributed by atoms with Crippen LogP contribution in [0, 0.1) is 6.92 Å². The molecule has 3 N–H and O–H groups in total. The summed E-state index contributed by atoms with van der Waals surface area (Å²) in [5.74, 6) is -1.82. The highest BCUT2D eigenvalue weighted by molar-refractivity contribution is 7.89. The second-order valence-electron chi connectivity index (χ2n) is 9.25. The van der Waals surface area contributed by atoms with Crippen LogP contribution >= 0.6 is 11.6 Å². The normalized spacial score (nSPS) is 11.8. The summed E-state index contributed by atoms with van der Waals surface area (Å²) in [6, 6.07) is 10.5. The van der Waals surface area contributed by atoms with Gasteiger partial charge in [0, 0.05) is 24.9 Å². The highest BCUT2D eigenvalue weighted by Crippen LogP contribution is 2.36. The van der Waals surface area contributed by atoms with Gasteiger partial charge in [0.2, 0.25) is 15.9 Å². The van der Waals surface area contributed by atoms with Gasteiger partial charge in [0.05, 0.1) is 22.7 Å². The lowest BCUT2D eigenvalue weighted by Gasteiger charge is -2.23. The predicted molar refractivity (Wildman–Crippen MR) is 142 cm³/mol. The molecule has 0 aliphatic heterocycles. The Bertz CT molecular complexity index is 1460. The number of nitrogens with zero attached hydrogens (tertiary/aromatic N) is 2. The summed E-state index contributed by atoms with van der Waals surface area (Å²) >= 11 is 6.12. The number of aromatic nitrogens is 2. The first-order valence-corrected chi connectivity index (χ1v) is 13.3. The number of hydrogen-bond donors (Lipinski definition) is 3. The Labute approximate surface area is 225 Å². The van der Waals surface area contributed by atoms with Gasteiger partial charge >= 0.3 is 5.97 Å². The van der Waals surface area contributed by atoms with Crippen molar-refractivity contribution in [1.29, 1.82) is 0 Å². The van der Waals surface area contributed by atoms with Crippen LogP contribution in [-0.4, -0.2) is 55.4 Å². The zero-order valence-corrected chi connectivity index (χ0v) is 23.1. The Hall–Kier alpha value is -3.45. The largest absolute Gasteiger partial charge is 0.476 e. The maximum absolute atomic E-state index is 13.3. The molecule has 0 unspecified atom stereocenters. The average molecular weight is 565 g/mol. The summed E-state index contributed by atoms with van der Waals surface area (Å²) in [4.78, 5) is 24.2. The van der Waals surface area contributed by atoms with Gasteiger partial charge in [-0.1, -0.05) is 23.7 Å². The van der Waals surface area contributed by atoms with Crippen LogP contribution in [-0.2, 0) is 20.3 Å². The first kappa shape index (κ1) is 29.1. The molecule has 0 saturated carbocycles. The molecule has 0 bridgehead atoms. The minimum absolute atomic E-state index is 0.0173. The molecule has 2 aromatic carbocycles. The number of nitrogens with one attached hydrogen (secondary N) is 2. The third kappa shape index (κ3) is 6.51. The van der Waals surface area contributed by atoms with Gasteiger partial charge in [0.15, 0.2) is 5.69 Å². The number of sulfonamides is 1. The molecule has 1 aromatic heterocycles. The minimum Gasteiger partial charge on any atom is -0.476 e. The molecule has 3 rings (SSSR count). The number of rotatable bonds is 10. The van der Waals surface area contributed by atoms with Crippen molar-refractivity contribution < 1.29 is 32.6 Å². The van der Waals surface area contributed by atoms with Crippen molar-refractivity contribution in [3.63, 3.8) is 0 Å². The Morgan fingerprint density at radius 3 is 2.45 bits per heavy atom. The fourth-order valence-electron chi connectivity index (χ4n) is 3.44. The standard InChI is InChI=1S/C25H29ClN4O7S/c1-15-21(24(32)33)29-30(25(2,3)4)23(15)37-19-11-10-16(14-20(19)38(34,35)27-12-13-36-5)28-22(31)17-8-6-7-9-18(17)26/h6-11,14,27H,12-13H2,1-5H3,(H,28,31)(H,32,33). The van der Waals surface area contributed by atoms with E-state index in [4.69, 9.17) is 21.1 Å². The van der Waals surface area contributed by atoms with E-state index in [1.165, 1.54) is 43.0 Å². The second kappa shape index (κ2) is 11.5. The van der Waals surface area contributed by atoms with Gasteiger partial charge in [-0.15, -0.1) is 0 Å². The van der Waals surface area contributed by atoms with E-state index in [0.29, 0.717) is 0 Å². The van der Waals surface area contributed by atoms with E-state index in [0.717, 1.165) is 0 Å². The van der Waals surface area contributed by atoms with Gasteiger partial charge in [0.25, 0.3) is 5.91 Å². The van der Waals surface area contributed by atoms with Gasteiger partial charge in [-0.05, 0) is 58.0 Å². The van der Waals surface area contributed by atoms with E-state index in [1.54, 1.807) is 39.0 Å². The molecule has 13 heteroatoms. The number of carboxylic acids is 1. The molecule has 1 heterocycles. The van der Waals surface area contributed by atoms with E-state index < -0.39 is 27.4 Å². The fourth-order valence-corrected chi connectivity index (χ4v) is 4.83. The maximum Gasteiger partial charge on any atom is 0.356 e. The molecule has 11 nitrogen and oxygen atoms in total. The van der Waals surface area contributed by atoms with Crippen molar-refractivity contribution in [3.8, 4) is 11.6 Å². The topological polar surface area (TPSA) is 149 Å². The van der Waals surface area contributed by atoms with Gasteiger partial charge in [0.1, 0.15) is 10.6 Å². The van der Waals surface area contributed by atoms with Crippen LogP contribution in [0.5, 0.6) is 11.6 Å². The van der Waals surface area contributed by atoms with Crippen molar-refractivity contribution in [2.24, 2.45) is 0 Å². The quantitative estimate of drug-likeness (QED) is 0.309. The lowest BCUT2D eigenvalue weighted by Crippen LogP contribution is -2.28. The Balaban J connectivity index is 2.09. The van der Waals surface area contributed by atoms with E-state index in [-0.39, 0.29) is 57.2 Å². The van der Waals surface area contributed by atoms with E-state index in [1.807, 2.05) is 0 Å². The number of carbonyl (C=O) groups is 2. The van der Waals surface area contributed by atoms with Gasteiger partial charge < -0.3 is 19.9 Å². The minimum atomic E-state index is -4.16. The van der Waals surface area contributed by atoms with Crippen LogP contribution < -0.4 is 14.8 Å². The number of anilines is 1. The zero-order valence-electron chi connectivity index (χ0n) is 21.5. The van der Waals surface area contributed by atoms with Crippen molar-refractivity contribution in [2.75, 3.05) is 25.6 Å². The average Bonchev–Trinajstić information content (AvgIpc) is 3.17. The third-order valence-electron chi connectivity index (χ3n) is 5.32. The molecule has 0 saturated heterocycles. The number of carbonyl (C=O) groups excluding carboxylic acids is 1. The summed E-state index contributed by atoms with van der Waals surface area (Å²) in [5.41, 5.74) is -0.308. The van der Waals surface area contributed by atoms with Crippen LogP contribution in [0.1, 0.15) is 47.2 Å². The number of ether oxygens (including phenoxy) is 2. The number of carboxylic acid groups (broad SMARTS) is 1. The molecule has 0 atom stereocenters. The van der Waals surface area contributed by atoms with Gasteiger partial charge in [-0.2, -0.15) is 5.10 Å². The monoisotopic (exact) mass is 564 g/mol. The Morgan fingerprint density at radius 1 is 1.16 bits per heavy atom. The van der Waals surface area contributed by atoms with E-state index >= 15 is 0 Å². The lowest BCUT2D eigenvalue weighted by atomic mass is 10.1. The first-order chi connectivity index (χ1) is 17.8. The van der Waals surface area contributed by atoms with Crippen molar-refractivity contribution in [3.05, 3.63) is 64.3 Å². The number of hydrogen-bond acceptors (Lipinski definition) is 7. The van der Waals surface area contributed by atoms with Crippen LogP contribution in [0.2, 0.25) is 5.02 Å². The fraction of sp³-hybridized carbons (Fsp3) is 0.320. The second-order valence-corrected chi connectivity index (χ2v) is 11.4. The predicted octanol–water partition coefficient (Wildman–Crippen LogP) is 4.27. The van der Waals surface area contributed by atoms with E-state index in [9.17, 15) is 23.1 Å². The molecular formula is C25H29ClN4O7S. The highest BCUT2D eigenvalue weighted by Gasteiger charge is 2.29. The number of benzene rings is 2. The Morgan fingerprint density at radius 2 is 1.84 bits per heavy atom. The molecule has 0 radical (unpaired) electrons. The lowest BCUT2D eigenvalue weighted by molar-refractivity contribution is 0.0687.